The van der Waals surface area contributed by atoms with Gasteiger partial charge in [0.2, 0.25) is 0 Å². The van der Waals surface area contributed by atoms with E-state index >= 15 is 0 Å². The highest BCUT2D eigenvalue weighted by Crippen LogP contribution is 2.34. The molecule has 0 unspecified atom stereocenters. The van der Waals surface area contributed by atoms with E-state index in [0.717, 1.165) is 25.6 Å². The Morgan fingerprint density at radius 2 is 1.70 bits per heavy atom. The number of benzene rings is 1. The molecular weight excluding hydrogens is 377 g/mol. The van der Waals surface area contributed by atoms with Crippen molar-refractivity contribution in [2.45, 2.75) is 31.2 Å². The van der Waals surface area contributed by atoms with Crippen molar-refractivity contribution in [1.82, 2.24) is 9.80 Å². The van der Waals surface area contributed by atoms with Crippen molar-refractivity contribution in [1.29, 1.82) is 0 Å². The number of carbonyl (C=O) groups excluding carboxylic acids is 2. The molecule has 3 heterocycles. The van der Waals surface area contributed by atoms with E-state index in [9.17, 15) is 22.8 Å². The third kappa shape index (κ3) is 3.51. The molecule has 142 valence electrons. The maximum Gasteiger partial charge on any atom is 0.455 e. The first-order chi connectivity index (χ1) is 12.8. The number of hydrogen-bond donors (Lipinski definition) is 0. The molecule has 8 heteroatoms. The van der Waals surface area contributed by atoms with Gasteiger partial charge < -0.3 is 4.90 Å². The van der Waals surface area contributed by atoms with Crippen LogP contribution in [0.1, 0.15) is 31.3 Å². The van der Waals surface area contributed by atoms with Gasteiger partial charge in [0.25, 0.3) is 11.7 Å². The van der Waals surface area contributed by atoms with Gasteiger partial charge in [-0.1, -0.05) is 30.3 Å². The van der Waals surface area contributed by atoms with Crippen LogP contribution in [0, 0.1) is 0 Å². The van der Waals surface area contributed by atoms with Crippen molar-refractivity contribution in [3.8, 4) is 0 Å². The molecule has 4 nitrogen and oxygen atoms in total. The summed E-state index contributed by atoms with van der Waals surface area (Å²) in [6.07, 6.45) is -4.05. The topological polar surface area (TPSA) is 40.6 Å². The van der Waals surface area contributed by atoms with Gasteiger partial charge in [-0.25, -0.2) is 0 Å². The molecule has 2 aliphatic rings. The van der Waals surface area contributed by atoms with Gasteiger partial charge in [0.05, 0.1) is 9.75 Å². The Hall–Kier alpha value is -2.19. The van der Waals surface area contributed by atoms with Crippen molar-refractivity contribution in [2.24, 2.45) is 0 Å². The standard InChI is InChI=1S/C19H17F3N2O2S/c20-19(21,22)17(25)15-6-7-16(27-15)18(26)24-11-13-8-14(24)10-23(13)9-12-4-2-1-3-5-12/h1-7,13-14H,8-11H2/t13-,14-/m1/s1. The molecule has 2 aromatic rings. The molecule has 2 saturated heterocycles. The number of fused-ring (bicyclic) bond motifs is 2. The van der Waals surface area contributed by atoms with Gasteiger partial charge in [0.1, 0.15) is 0 Å². The van der Waals surface area contributed by atoms with E-state index < -0.39 is 16.8 Å². The van der Waals surface area contributed by atoms with Gasteiger partial charge in [-0.05, 0) is 24.1 Å². The summed E-state index contributed by atoms with van der Waals surface area (Å²) < 4.78 is 37.6. The van der Waals surface area contributed by atoms with E-state index in [-0.39, 0.29) is 22.9 Å². The van der Waals surface area contributed by atoms with Gasteiger partial charge >= 0.3 is 6.18 Å². The van der Waals surface area contributed by atoms with Gasteiger partial charge in [-0.15, -0.1) is 11.3 Å². The summed E-state index contributed by atoms with van der Waals surface area (Å²) >= 11 is 0.619. The highest BCUT2D eigenvalue weighted by Gasteiger charge is 2.46. The summed E-state index contributed by atoms with van der Waals surface area (Å²) in [5.41, 5.74) is 1.22. The largest absolute Gasteiger partial charge is 0.455 e. The zero-order chi connectivity index (χ0) is 19.2. The van der Waals surface area contributed by atoms with Crippen LogP contribution >= 0.6 is 11.3 Å². The molecule has 1 aromatic heterocycles. The monoisotopic (exact) mass is 394 g/mol. The second-order valence-corrected chi connectivity index (χ2v) is 7.99. The van der Waals surface area contributed by atoms with Crippen molar-refractivity contribution >= 4 is 23.0 Å². The Bertz CT molecular complexity index is 865. The second-order valence-electron chi connectivity index (χ2n) is 6.91. The zero-order valence-electron chi connectivity index (χ0n) is 14.3. The van der Waals surface area contributed by atoms with Gasteiger partial charge in [0, 0.05) is 31.7 Å². The summed E-state index contributed by atoms with van der Waals surface area (Å²) in [4.78, 5) is 27.9. The van der Waals surface area contributed by atoms with E-state index in [0.29, 0.717) is 17.9 Å². The lowest BCUT2D eigenvalue weighted by atomic mass is 10.2. The summed E-state index contributed by atoms with van der Waals surface area (Å²) in [6.45, 7) is 2.15. The minimum Gasteiger partial charge on any atom is -0.332 e. The molecule has 4 rings (SSSR count). The molecule has 27 heavy (non-hydrogen) atoms. The van der Waals surface area contributed by atoms with Crippen LogP contribution in [0.4, 0.5) is 13.2 Å². The van der Waals surface area contributed by atoms with Crippen molar-refractivity contribution in [3.63, 3.8) is 0 Å². The molecule has 1 aromatic carbocycles. The number of hydrogen-bond acceptors (Lipinski definition) is 4. The van der Waals surface area contributed by atoms with Crippen LogP contribution < -0.4 is 0 Å². The van der Waals surface area contributed by atoms with E-state index in [1.54, 1.807) is 4.90 Å². The number of amides is 1. The van der Waals surface area contributed by atoms with Crippen LogP contribution in [0.25, 0.3) is 0 Å². The zero-order valence-corrected chi connectivity index (χ0v) is 15.1. The van der Waals surface area contributed by atoms with Crippen LogP contribution in [0.15, 0.2) is 42.5 Å². The first-order valence-electron chi connectivity index (χ1n) is 8.63. The van der Waals surface area contributed by atoms with E-state index in [1.807, 2.05) is 18.2 Å². The molecule has 1 amide bonds. The van der Waals surface area contributed by atoms with Crippen molar-refractivity contribution in [2.75, 3.05) is 13.1 Å². The molecule has 0 saturated carbocycles. The molecular formula is C19H17F3N2O2S. The fourth-order valence-corrected chi connectivity index (χ4v) is 4.79. The first kappa shape index (κ1) is 18.2. The molecule has 2 bridgehead atoms. The number of Topliss-reactive ketones (excluding diaryl/α,β-unsaturated/α-hetero) is 1. The Labute approximate surface area is 158 Å². The average molecular weight is 394 g/mol. The number of nitrogens with zero attached hydrogens (tertiary/aromatic N) is 2. The quantitative estimate of drug-likeness (QED) is 0.744. The average Bonchev–Trinajstić information content (AvgIpc) is 3.36. The minimum absolute atomic E-state index is 0.0649. The molecule has 0 radical (unpaired) electrons. The maximum absolute atomic E-state index is 12.7. The highest BCUT2D eigenvalue weighted by atomic mass is 32.1. The molecule has 2 aliphatic heterocycles. The Morgan fingerprint density at radius 1 is 1.00 bits per heavy atom. The normalized spacial score (nSPS) is 22.4. The predicted molar refractivity (Wildman–Crippen MR) is 94.8 cm³/mol. The number of carbonyl (C=O) groups is 2. The summed E-state index contributed by atoms with van der Waals surface area (Å²) in [5.74, 6) is -2.18. The molecule has 0 aliphatic carbocycles. The lowest BCUT2D eigenvalue weighted by Crippen LogP contribution is -2.48. The van der Waals surface area contributed by atoms with Crippen LogP contribution in [0.5, 0.6) is 0 Å². The molecule has 2 atom stereocenters. The third-order valence-corrected chi connectivity index (χ3v) is 6.21. The molecule has 2 fully saturated rings. The Morgan fingerprint density at radius 3 is 2.33 bits per heavy atom. The van der Waals surface area contributed by atoms with E-state index in [2.05, 4.69) is 17.0 Å². The number of rotatable bonds is 4. The number of ketones is 1. The van der Waals surface area contributed by atoms with E-state index in [1.165, 1.54) is 11.6 Å². The van der Waals surface area contributed by atoms with Gasteiger partial charge in [-0.3, -0.25) is 14.5 Å². The maximum atomic E-state index is 12.7. The van der Waals surface area contributed by atoms with Crippen molar-refractivity contribution in [3.05, 3.63) is 57.8 Å². The highest BCUT2D eigenvalue weighted by molar-refractivity contribution is 7.16. The number of piperazine rings is 1. The van der Waals surface area contributed by atoms with Crippen molar-refractivity contribution < 1.29 is 22.8 Å². The molecule has 0 N–H and O–H groups in total. The lowest BCUT2D eigenvalue weighted by Gasteiger charge is -2.34. The van der Waals surface area contributed by atoms with E-state index in [4.69, 9.17) is 0 Å². The molecule has 0 spiro atoms. The third-order valence-electron chi connectivity index (χ3n) is 5.14. The number of alkyl halides is 3. The van der Waals surface area contributed by atoms with Crippen LogP contribution in [0.2, 0.25) is 0 Å². The minimum atomic E-state index is -4.92. The SMILES string of the molecule is O=C(c1ccc(C(=O)C(F)(F)F)s1)N1C[C@H]2C[C@@H]1CN2Cc1ccccc1. The first-order valence-corrected chi connectivity index (χ1v) is 9.45. The fraction of sp³-hybridized carbons (Fsp3) is 0.368. The number of likely N-dealkylation sites (tertiary alicyclic amines) is 2. The van der Waals surface area contributed by atoms with Gasteiger partial charge in [-0.2, -0.15) is 13.2 Å². The predicted octanol–water partition coefficient (Wildman–Crippen LogP) is 3.59. The number of halogens is 3. The smallest absolute Gasteiger partial charge is 0.332 e. The fourth-order valence-electron chi connectivity index (χ4n) is 3.87. The second kappa shape index (κ2) is 6.76. The summed E-state index contributed by atoms with van der Waals surface area (Å²) in [7, 11) is 0. The lowest BCUT2D eigenvalue weighted by molar-refractivity contribution is -0.0882. The van der Waals surface area contributed by atoms with Gasteiger partial charge in [0.15, 0.2) is 0 Å². The number of thiophene rings is 1. The summed E-state index contributed by atoms with van der Waals surface area (Å²) in [5, 5.41) is 0. The van der Waals surface area contributed by atoms with Crippen LogP contribution in [-0.2, 0) is 6.54 Å². The Balaban J connectivity index is 1.41. The summed E-state index contributed by atoms with van der Waals surface area (Å²) in [6, 6.07) is 12.8. The van der Waals surface area contributed by atoms with Crippen LogP contribution in [-0.4, -0.2) is 52.8 Å². The Kier molecular flexibility index (Phi) is 4.55. The van der Waals surface area contributed by atoms with Crippen LogP contribution in [0.3, 0.4) is 0 Å².